The topological polar surface area (TPSA) is 81.4 Å². The quantitative estimate of drug-likeness (QED) is 0.796. The maximum absolute atomic E-state index is 12.4. The molecule has 0 saturated carbocycles. The minimum atomic E-state index is -3.66. The minimum absolute atomic E-state index is 0.170. The Morgan fingerprint density at radius 2 is 2.00 bits per heavy atom. The molecule has 5 nitrogen and oxygen atoms in total. The van der Waals surface area contributed by atoms with Crippen molar-refractivity contribution in [2.75, 3.05) is 19.5 Å². The highest BCUT2D eigenvalue weighted by Crippen LogP contribution is 2.27. The number of hydrogen-bond acceptors (Lipinski definition) is 4. The van der Waals surface area contributed by atoms with Crippen LogP contribution in [0.2, 0.25) is 0 Å². The third kappa shape index (κ3) is 4.17. The molecular formula is C12H19BrN2O3S. The first kappa shape index (κ1) is 16.4. The van der Waals surface area contributed by atoms with Crippen molar-refractivity contribution in [3.05, 3.63) is 22.2 Å². The molecule has 7 heteroatoms. The van der Waals surface area contributed by atoms with Gasteiger partial charge in [0, 0.05) is 17.3 Å². The van der Waals surface area contributed by atoms with E-state index >= 15 is 0 Å². The van der Waals surface area contributed by atoms with Crippen molar-refractivity contribution in [2.45, 2.75) is 31.2 Å². The number of nitrogens with one attached hydrogen (secondary N) is 1. The highest BCUT2D eigenvalue weighted by molar-refractivity contribution is 9.10. The fourth-order valence-corrected chi connectivity index (χ4v) is 4.09. The molecule has 1 aromatic carbocycles. The maximum Gasteiger partial charge on any atom is 0.241 e. The summed E-state index contributed by atoms with van der Waals surface area (Å²) in [5.41, 5.74) is 6.06. The zero-order chi connectivity index (χ0) is 14.8. The van der Waals surface area contributed by atoms with Crippen molar-refractivity contribution in [1.29, 1.82) is 0 Å². The molecule has 0 saturated heterocycles. The van der Waals surface area contributed by atoms with E-state index in [0.717, 1.165) is 0 Å². The molecule has 0 aromatic heterocycles. The van der Waals surface area contributed by atoms with Crippen molar-refractivity contribution in [3.63, 3.8) is 0 Å². The second kappa shape index (κ2) is 5.78. The lowest BCUT2D eigenvalue weighted by Crippen LogP contribution is -2.46. The molecule has 1 aromatic rings. The zero-order valence-electron chi connectivity index (χ0n) is 11.5. The molecule has 0 aliphatic heterocycles. The molecular weight excluding hydrogens is 332 g/mol. The van der Waals surface area contributed by atoms with Gasteiger partial charge in [-0.1, -0.05) is 15.9 Å². The number of halogens is 1. The van der Waals surface area contributed by atoms with Crippen LogP contribution in [-0.4, -0.2) is 27.7 Å². The third-order valence-corrected chi connectivity index (χ3v) is 4.85. The molecule has 0 unspecified atom stereocenters. The van der Waals surface area contributed by atoms with Crippen molar-refractivity contribution >= 4 is 31.6 Å². The Bertz CT molecular complexity index is 571. The van der Waals surface area contributed by atoms with Crippen LogP contribution in [0.3, 0.4) is 0 Å². The molecule has 0 aliphatic carbocycles. The van der Waals surface area contributed by atoms with Gasteiger partial charge >= 0.3 is 0 Å². The van der Waals surface area contributed by atoms with Gasteiger partial charge in [-0.25, -0.2) is 13.1 Å². The molecule has 0 radical (unpaired) electrons. The van der Waals surface area contributed by atoms with Gasteiger partial charge in [0.05, 0.1) is 17.0 Å². The number of rotatable bonds is 5. The second-order valence-electron chi connectivity index (χ2n) is 5.04. The van der Waals surface area contributed by atoms with Crippen LogP contribution in [0.15, 0.2) is 21.5 Å². The fraction of sp³-hybridized carbons (Fsp3) is 0.500. The Morgan fingerprint density at radius 1 is 1.42 bits per heavy atom. The Morgan fingerprint density at radius 3 is 2.53 bits per heavy atom. The van der Waals surface area contributed by atoms with E-state index in [-0.39, 0.29) is 11.5 Å². The highest BCUT2D eigenvalue weighted by atomic mass is 79.9. The summed E-state index contributed by atoms with van der Waals surface area (Å²) < 4.78 is 33.1. The summed E-state index contributed by atoms with van der Waals surface area (Å²) in [7, 11) is -2.13. The number of ether oxygens (including phenoxy) is 1. The van der Waals surface area contributed by atoms with Gasteiger partial charge < -0.3 is 10.5 Å². The number of nitrogens with two attached hydrogens (primary N) is 1. The Labute approximate surface area is 122 Å². The second-order valence-corrected chi connectivity index (χ2v) is 7.61. The van der Waals surface area contributed by atoms with E-state index in [0.29, 0.717) is 15.7 Å². The molecule has 0 spiro atoms. The lowest BCUT2D eigenvalue weighted by Gasteiger charge is -2.25. The largest absolute Gasteiger partial charge is 0.398 e. The molecule has 0 aliphatic rings. The van der Waals surface area contributed by atoms with Crippen molar-refractivity contribution < 1.29 is 13.2 Å². The molecule has 0 bridgehead atoms. The lowest BCUT2D eigenvalue weighted by molar-refractivity contribution is 0.141. The van der Waals surface area contributed by atoms with E-state index in [2.05, 4.69) is 20.7 Å². The molecule has 19 heavy (non-hydrogen) atoms. The predicted octanol–water partition coefficient (Wildman–Crippen LogP) is 2.04. The van der Waals surface area contributed by atoms with E-state index in [4.69, 9.17) is 10.5 Å². The highest BCUT2D eigenvalue weighted by Gasteiger charge is 2.28. The van der Waals surface area contributed by atoms with Crippen molar-refractivity contribution in [2.24, 2.45) is 0 Å². The van der Waals surface area contributed by atoms with E-state index in [1.54, 1.807) is 26.8 Å². The Kier molecular flexibility index (Phi) is 5.00. The molecule has 1 rings (SSSR count). The summed E-state index contributed by atoms with van der Waals surface area (Å²) >= 11 is 3.25. The van der Waals surface area contributed by atoms with Gasteiger partial charge in [0.25, 0.3) is 0 Å². The van der Waals surface area contributed by atoms with Gasteiger partial charge in [0.2, 0.25) is 10.0 Å². The molecule has 0 heterocycles. The van der Waals surface area contributed by atoms with Gasteiger partial charge in [-0.3, -0.25) is 0 Å². The van der Waals surface area contributed by atoms with Crippen LogP contribution >= 0.6 is 15.9 Å². The van der Waals surface area contributed by atoms with E-state index in [9.17, 15) is 8.42 Å². The number of anilines is 1. The number of sulfonamides is 1. The van der Waals surface area contributed by atoms with E-state index < -0.39 is 15.6 Å². The molecule has 3 N–H and O–H groups in total. The van der Waals surface area contributed by atoms with Gasteiger partial charge in [-0.05, 0) is 38.5 Å². The first-order chi connectivity index (χ1) is 8.59. The van der Waals surface area contributed by atoms with Crippen LogP contribution in [0.25, 0.3) is 0 Å². The average Bonchev–Trinajstić information content (AvgIpc) is 2.21. The van der Waals surface area contributed by atoms with Crippen LogP contribution in [0.4, 0.5) is 5.69 Å². The summed E-state index contributed by atoms with van der Waals surface area (Å²) in [6.07, 6.45) is 0. The molecule has 0 atom stereocenters. The summed E-state index contributed by atoms with van der Waals surface area (Å²) in [4.78, 5) is 0.170. The van der Waals surface area contributed by atoms with Crippen molar-refractivity contribution in [3.8, 4) is 0 Å². The number of benzene rings is 1. The molecule has 0 fully saturated rings. The maximum atomic E-state index is 12.4. The zero-order valence-corrected chi connectivity index (χ0v) is 13.9. The first-order valence-electron chi connectivity index (χ1n) is 5.67. The van der Waals surface area contributed by atoms with Crippen LogP contribution in [0, 0.1) is 6.92 Å². The number of hydrogen-bond donors (Lipinski definition) is 2. The summed E-state index contributed by atoms with van der Waals surface area (Å²) in [6, 6.07) is 3.21. The normalized spacial score (nSPS) is 12.7. The Hall–Kier alpha value is -0.630. The standard InChI is InChI=1S/C12H19BrN2O3S/c1-8-10(14)5-9(13)6-11(8)19(16,17)15-12(2,3)7-18-4/h5-6,15H,7,14H2,1-4H3. The molecule has 0 amide bonds. The summed E-state index contributed by atoms with van der Waals surface area (Å²) in [6.45, 7) is 5.46. The lowest BCUT2D eigenvalue weighted by atomic mass is 10.1. The van der Waals surface area contributed by atoms with Crippen LogP contribution in [0.5, 0.6) is 0 Å². The van der Waals surface area contributed by atoms with Crippen LogP contribution < -0.4 is 10.5 Å². The predicted molar refractivity (Wildman–Crippen MR) is 79.6 cm³/mol. The van der Waals surface area contributed by atoms with E-state index in [1.165, 1.54) is 13.2 Å². The number of methoxy groups -OCH3 is 1. The van der Waals surface area contributed by atoms with E-state index in [1.807, 2.05) is 0 Å². The van der Waals surface area contributed by atoms with Crippen molar-refractivity contribution in [1.82, 2.24) is 4.72 Å². The van der Waals surface area contributed by atoms with Gasteiger partial charge in [-0.15, -0.1) is 0 Å². The van der Waals surface area contributed by atoms with Gasteiger partial charge in [0.15, 0.2) is 0 Å². The van der Waals surface area contributed by atoms with Gasteiger partial charge in [-0.2, -0.15) is 0 Å². The third-order valence-electron chi connectivity index (χ3n) is 2.57. The monoisotopic (exact) mass is 350 g/mol. The minimum Gasteiger partial charge on any atom is -0.398 e. The first-order valence-corrected chi connectivity index (χ1v) is 7.95. The van der Waals surface area contributed by atoms with Crippen LogP contribution in [0.1, 0.15) is 19.4 Å². The SMILES string of the molecule is COCC(C)(C)NS(=O)(=O)c1cc(Br)cc(N)c1C. The molecule has 108 valence electrons. The summed E-state index contributed by atoms with van der Waals surface area (Å²) in [5, 5.41) is 0. The number of nitrogen functional groups attached to an aromatic ring is 1. The Balaban J connectivity index is 3.22. The smallest absolute Gasteiger partial charge is 0.241 e. The summed E-state index contributed by atoms with van der Waals surface area (Å²) in [5.74, 6) is 0. The average molecular weight is 351 g/mol. The van der Waals surface area contributed by atoms with Crippen LogP contribution in [-0.2, 0) is 14.8 Å². The van der Waals surface area contributed by atoms with Gasteiger partial charge in [0.1, 0.15) is 0 Å². The fourth-order valence-electron chi connectivity index (χ4n) is 1.76.